The standard InChI is InChI=1S/C21H25N3O7S2/c1-32(26,27)24-11-9-23(10-12-24)21(25)16-3-5-17(6-4-16)22-33(28,29)18-7-8-19-20(15-18)31-14-2-13-30-19/h3-8,15,22H,2,9-14H2,1H3. The van der Waals surface area contributed by atoms with E-state index in [0.717, 1.165) is 6.26 Å². The smallest absolute Gasteiger partial charge is 0.262 e. The van der Waals surface area contributed by atoms with E-state index in [1.807, 2.05) is 0 Å². The van der Waals surface area contributed by atoms with Gasteiger partial charge in [0.2, 0.25) is 10.0 Å². The number of sulfonamides is 2. The van der Waals surface area contributed by atoms with E-state index < -0.39 is 20.0 Å². The van der Waals surface area contributed by atoms with Crippen LogP contribution in [0.25, 0.3) is 0 Å². The summed E-state index contributed by atoms with van der Waals surface area (Å²) in [6.07, 6.45) is 1.87. The molecular weight excluding hydrogens is 470 g/mol. The molecule has 10 nitrogen and oxygen atoms in total. The van der Waals surface area contributed by atoms with Crippen LogP contribution in [0, 0.1) is 0 Å². The van der Waals surface area contributed by atoms with Crippen LogP contribution in [-0.4, -0.2) is 77.6 Å². The normalized spacial score (nSPS) is 17.3. The number of rotatable bonds is 5. The van der Waals surface area contributed by atoms with Gasteiger partial charge < -0.3 is 14.4 Å². The second kappa shape index (κ2) is 9.20. The van der Waals surface area contributed by atoms with E-state index in [9.17, 15) is 21.6 Å². The molecule has 0 atom stereocenters. The van der Waals surface area contributed by atoms with Crippen molar-refractivity contribution in [3.8, 4) is 11.5 Å². The highest BCUT2D eigenvalue weighted by molar-refractivity contribution is 7.92. The fraction of sp³-hybridized carbons (Fsp3) is 0.381. The molecule has 2 aliphatic heterocycles. The zero-order chi connectivity index (χ0) is 23.6. The van der Waals surface area contributed by atoms with Gasteiger partial charge in [-0.1, -0.05) is 0 Å². The molecule has 0 aliphatic carbocycles. The van der Waals surface area contributed by atoms with Crippen LogP contribution in [0.4, 0.5) is 5.69 Å². The highest BCUT2D eigenvalue weighted by atomic mass is 32.2. The third-order valence-corrected chi connectivity index (χ3v) is 8.09. The minimum atomic E-state index is -3.88. The summed E-state index contributed by atoms with van der Waals surface area (Å²) in [4.78, 5) is 14.4. The lowest BCUT2D eigenvalue weighted by Crippen LogP contribution is -2.50. The zero-order valence-electron chi connectivity index (χ0n) is 18.1. The van der Waals surface area contributed by atoms with Gasteiger partial charge in [-0.3, -0.25) is 9.52 Å². The van der Waals surface area contributed by atoms with Crippen molar-refractivity contribution in [2.75, 3.05) is 50.4 Å². The van der Waals surface area contributed by atoms with Crippen molar-refractivity contribution in [3.05, 3.63) is 48.0 Å². The Kier molecular flexibility index (Phi) is 6.50. The maximum atomic E-state index is 12.8. The second-order valence-electron chi connectivity index (χ2n) is 7.80. The van der Waals surface area contributed by atoms with Crippen LogP contribution >= 0.6 is 0 Å². The van der Waals surface area contributed by atoms with Crippen LogP contribution in [-0.2, 0) is 20.0 Å². The molecule has 1 N–H and O–H groups in total. The van der Waals surface area contributed by atoms with Gasteiger partial charge in [0.05, 0.1) is 24.4 Å². The number of hydrogen-bond acceptors (Lipinski definition) is 7. The summed E-state index contributed by atoms with van der Waals surface area (Å²) >= 11 is 0. The molecule has 1 saturated heterocycles. The molecule has 4 rings (SSSR count). The van der Waals surface area contributed by atoms with Crippen LogP contribution in [0.15, 0.2) is 47.4 Å². The van der Waals surface area contributed by atoms with E-state index in [2.05, 4.69) is 4.72 Å². The summed E-state index contributed by atoms with van der Waals surface area (Å²) in [6, 6.07) is 10.6. The summed E-state index contributed by atoms with van der Waals surface area (Å²) in [5, 5.41) is 0. The number of ether oxygens (including phenoxy) is 2. The van der Waals surface area contributed by atoms with E-state index >= 15 is 0 Å². The number of benzene rings is 2. The first-order valence-corrected chi connectivity index (χ1v) is 13.7. The highest BCUT2D eigenvalue weighted by Gasteiger charge is 2.26. The quantitative estimate of drug-likeness (QED) is 0.665. The first kappa shape index (κ1) is 23.3. The maximum Gasteiger partial charge on any atom is 0.262 e. The van der Waals surface area contributed by atoms with Crippen molar-refractivity contribution in [1.29, 1.82) is 0 Å². The van der Waals surface area contributed by atoms with Crippen molar-refractivity contribution in [2.45, 2.75) is 11.3 Å². The number of fused-ring (bicyclic) bond motifs is 1. The molecule has 2 aromatic rings. The Morgan fingerprint density at radius 2 is 1.52 bits per heavy atom. The number of carbonyl (C=O) groups is 1. The maximum absolute atomic E-state index is 12.8. The van der Waals surface area contributed by atoms with Crippen LogP contribution < -0.4 is 14.2 Å². The van der Waals surface area contributed by atoms with Gasteiger partial charge >= 0.3 is 0 Å². The van der Waals surface area contributed by atoms with Gasteiger partial charge in [-0.15, -0.1) is 0 Å². The largest absolute Gasteiger partial charge is 0.490 e. The zero-order valence-corrected chi connectivity index (χ0v) is 19.7. The number of carbonyl (C=O) groups excluding carboxylic acids is 1. The Labute approximate surface area is 193 Å². The number of nitrogens with one attached hydrogen (secondary N) is 1. The minimum Gasteiger partial charge on any atom is -0.490 e. The summed E-state index contributed by atoms with van der Waals surface area (Å²) in [5.74, 6) is 0.652. The van der Waals surface area contributed by atoms with Crippen LogP contribution in [0.3, 0.4) is 0 Å². The van der Waals surface area contributed by atoms with Gasteiger partial charge in [-0.05, 0) is 36.4 Å². The molecule has 0 unspecified atom stereocenters. The average Bonchev–Trinajstić information content (AvgIpc) is 3.03. The van der Waals surface area contributed by atoms with Gasteiger partial charge in [-0.25, -0.2) is 16.8 Å². The fourth-order valence-electron chi connectivity index (χ4n) is 3.61. The Morgan fingerprint density at radius 1 is 0.879 bits per heavy atom. The molecule has 0 radical (unpaired) electrons. The van der Waals surface area contributed by atoms with Crippen LogP contribution in [0.2, 0.25) is 0 Å². The molecule has 2 heterocycles. The van der Waals surface area contributed by atoms with Gasteiger partial charge in [0.15, 0.2) is 11.5 Å². The highest BCUT2D eigenvalue weighted by Crippen LogP contribution is 2.32. The van der Waals surface area contributed by atoms with Crippen molar-refractivity contribution in [2.24, 2.45) is 0 Å². The molecule has 1 fully saturated rings. The molecular formula is C21H25N3O7S2. The molecule has 0 bridgehead atoms. The van der Waals surface area contributed by atoms with E-state index in [-0.39, 0.29) is 23.9 Å². The molecule has 0 spiro atoms. The lowest BCUT2D eigenvalue weighted by molar-refractivity contribution is 0.0698. The Hall–Kier alpha value is -2.83. The average molecular weight is 496 g/mol. The third-order valence-electron chi connectivity index (χ3n) is 5.41. The number of hydrogen-bond donors (Lipinski definition) is 1. The summed E-state index contributed by atoms with van der Waals surface area (Å²) in [7, 11) is -7.15. The molecule has 12 heteroatoms. The molecule has 1 amide bonds. The van der Waals surface area contributed by atoms with Crippen molar-refractivity contribution in [3.63, 3.8) is 0 Å². The summed E-state index contributed by atoms with van der Waals surface area (Å²) < 4.78 is 63.8. The number of piperazine rings is 1. The van der Waals surface area contributed by atoms with E-state index in [0.29, 0.717) is 55.5 Å². The Morgan fingerprint density at radius 3 is 2.15 bits per heavy atom. The first-order valence-electron chi connectivity index (χ1n) is 10.4. The third kappa shape index (κ3) is 5.40. The minimum absolute atomic E-state index is 0.0376. The topological polar surface area (TPSA) is 122 Å². The first-order chi connectivity index (χ1) is 15.6. The molecule has 0 saturated carbocycles. The van der Waals surface area contributed by atoms with Crippen LogP contribution in [0.5, 0.6) is 11.5 Å². The lowest BCUT2D eigenvalue weighted by atomic mass is 10.1. The molecule has 33 heavy (non-hydrogen) atoms. The predicted molar refractivity (Wildman–Crippen MR) is 122 cm³/mol. The van der Waals surface area contributed by atoms with Gasteiger partial charge in [0, 0.05) is 49.9 Å². The van der Waals surface area contributed by atoms with E-state index in [1.165, 1.54) is 40.7 Å². The fourth-order valence-corrected chi connectivity index (χ4v) is 5.51. The monoisotopic (exact) mass is 495 g/mol. The molecule has 2 aliphatic rings. The van der Waals surface area contributed by atoms with Gasteiger partial charge in [0.1, 0.15) is 0 Å². The van der Waals surface area contributed by atoms with E-state index in [4.69, 9.17) is 9.47 Å². The Balaban J connectivity index is 1.42. The predicted octanol–water partition coefficient (Wildman–Crippen LogP) is 1.37. The molecule has 178 valence electrons. The number of anilines is 1. The SMILES string of the molecule is CS(=O)(=O)N1CCN(C(=O)c2ccc(NS(=O)(=O)c3ccc4c(c3)OCCCO4)cc2)CC1. The lowest BCUT2D eigenvalue weighted by Gasteiger charge is -2.33. The van der Waals surface area contributed by atoms with Gasteiger partial charge in [-0.2, -0.15) is 4.31 Å². The molecule has 0 aromatic heterocycles. The molecule has 2 aromatic carbocycles. The van der Waals surface area contributed by atoms with E-state index in [1.54, 1.807) is 11.0 Å². The summed E-state index contributed by atoms with van der Waals surface area (Å²) in [6.45, 7) is 2.04. The Bertz CT molecular complexity index is 1240. The summed E-state index contributed by atoms with van der Waals surface area (Å²) in [5.41, 5.74) is 0.696. The number of amides is 1. The second-order valence-corrected chi connectivity index (χ2v) is 11.5. The van der Waals surface area contributed by atoms with Crippen LogP contribution in [0.1, 0.15) is 16.8 Å². The number of nitrogens with zero attached hydrogens (tertiary/aromatic N) is 2. The van der Waals surface area contributed by atoms with Gasteiger partial charge in [0.25, 0.3) is 15.9 Å². The van der Waals surface area contributed by atoms with Crippen molar-refractivity contribution in [1.82, 2.24) is 9.21 Å². The van der Waals surface area contributed by atoms with Crippen molar-refractivity contribution >= 4 is 31.6 Å². The van der Waals surface area contributed by atoms with Crippen molar-refractivity contribution < 1.29 is 31.1 Å².